The Morgan fingerprint density at radius 2 is 0.929 bits per heavy atom. The second-order valence-corrected chi connectivity index (χ2v) is 17.4. The summed E-state index contributed by atoms with van der Waals surface area (Å²) in [5.41, 5.74) is 1.41. The highest BCUT2D eigenvalue weighted by Gasteiger charge is 2.39. The predicted octanol–water partition coefficient (Wildman–Crippen LogP) is 5.56. The molecule has 2 heterocycles. The number of hydrogen-bond donors (Lipinski definition) is 2. The van der Waals surface area contributed by atoms with E-state index in [1.165, 1.54) is 14.2 Å². The van der Waals surface area contributed by atoms with Crippen molar-refractivity contribution in [3.05, 3.63) is 95.6 Å². The third kappa shape index (κ3) is 10.9. The molecule has 0 aliphatic heterocycles. The SMILES string of the molecule is COc1ccc(CNS(=O)(=O)[C@@H]2CCCC[C@@H]2c2ncc(F)cn2)c(OC)c1.COc1ccc(CNS(=O)(=O)[C@H]2CCCC[C@H]2c2ncc(F)cn2)c(OC)c1. The lowest BCUT2D eigenvalue weighted by Crippen LogP contribution is -2.40. The molecule has 56 heavy (non-hydrogen) atoms. The average molecular weight is 819 g/mol. The maximum absolute atomic E-state index is 13.1. The summed E-state index contributed by atoms with van der Waals surface area (Å²) in [6.07, 6.45) is 10.1. The highest BCUT2D eigenvalue weighted by molar-refractivity contribution is 7.90. The second-order valence-electron chi connectivity index (χ2n) is 13.5. The number of nitrogens with one attached hydrogen (secondary N) is 2. The molecule has 0 radical (unpaired) electrons. The zero-order valence-corrected chi connectivity index (χ0v) is 33.4. The van der Waals surface area contributed by atoms with Crippen LogP contribution in [0.2, 0.25) is 0 Å². The number of sulfonamides is 2. The molecule has 4 aromatic rings. The standard InChI is InChI=1S/2C19H24FN3O4S/c2*1-26-15-8-7-13(17(9-15)27-2)10-23-28(24,25)18-6-4-3-5-16(18)19-21-11-14(20)12-22-19/h2*7-9,11-12,16,18,23H,3-6,10H2,1-2H3/t2*16-,18+/m10/s1. The van der Waals surface area contributed by atoms with Crippen LogP contribution in [0.25, 0.3) is 0 Å². The summed E-state index contributed by atoms with van der Waals surface area (Å²) >= 11 is 0. The minimum atomic E-state index is -3.64. The van der Waals surface area contributed by atoms with Crippen LogP contribution in [0.5, 0.6) is 23.0 Å². The van der Waals surface area contributed by atoms with Crippen LogP contribution in [0.15, 0.2) is 61.2 Å². The van der Waals surface area contributed by atoms with Crippen molar-refractivity contribution in [1.82, 2.24) is 29.4 Å². The number of halogens is 2. The first-order chi connectivity index (χ1) is 26.9. The van der Waals surface area contributed by atoms with Gasteiger partial charge in [0, 0.05) is 48.2 Å². The van der Waals surface area contributed by atoms with Crippen LogP contribution in [0.1, 0.15) is 86.0 Å². The average Bonchev–Trinajstić information content (AvgIpc) is 3.23. The number of nitrogens with zero attached hydrogens (tertiary/aromatic N) is 4. The van der Waals surface area contributed by atoms with E-state index in [0.717, 1.165) is 50.5 Å². The van der Waals surface area contributed by atoms with E-state index in [9.17, 15) is 25.6 Å². The highest BCUT2D eigenvalue weighted by Crippen LogP contribution is 2.37. The molecule has 2 aliphatic rings. The smallest absolute Gasteiger partial charge is 0.215 e. The minimum absolute atomic E-state index is 0.100. The van der Waals surface area contributed by atoms with E-state index in [-0.39, 0.29) is 24.9 Å². The van der Waals surface area contributed by atoms with Gasteiger partial charge in [0.05, 0.1) is 63.7 Å². The Morgan fingerprint density at radius 3 is 1.27 bits per heavy atom. The monoisotopic (exact) mass is 818 g/mol. The fraction of sp³-hybridized carbons (Fsp3) is 0.474. The number of hydrogen-bond acceptors (Lipinski definition) is 12. The van der Waals surface area contributed by atoms with E-state index in [2.05, 4.69) is 29.4 Å². The van der Waals surface area contributed by atoms with Crippen LogP contribution >= 0.6 is 0 Å². The molecule has 0 spiro atoms. The quantitative estimate of drug-likeness (QED) is 0.162. The Bertz CT molecular complexity index is 1960. The zero-order valence-electron chi connectivity index (χ0n) is 31.8. The van der Waals surface area contributed by atoms with Crippen molar-refractivity contribution in [3.63, 3.8) is 0 Å². The van der Waals surface area contributed by atoms with E-state index < -0.39 is 42.2 Å². The summed E-state index contributed by atoms with van der Waals surface area (Å²) in [5.74, 6) is 1.31. The van der Waals surface area contributed by atoms with E-state index in [1.54, 1.807) is 50.6 Å². The van der Waals surface area contributed by atoms with Gasteiger partial charge in [0.2, 0.25) is 20.0 Å². The third-order valence-electron chi connectivity index (χ3n) is 10.1. The molecular weight excluding hydrogens is 771 g/mol. The van der Waals surface area contributed by atoms with Gasteiger partial charge in [0.15, 0.2) is 11.6 Å². The van der Waals surface area contributed by atoms with Crippen molar-refractivity contribution in [2.24, 2.45) is 0 Å². The van der Waals surface area contributed by atoms with Gasteiger partial charge in [-0.2, -0.15) is 0 Å². The molecule has 0 unspecified atom stereocenters. The normalized spacial score (nSPS) is 20.0. The summed E-state index contributed by atoms with van der Waals surface area (Å²) in [4.78, 5) is 16.1. The molecule has 2 saturated carbocycles. The fourth-order valence-electron chi connectivity index (χ4n) is 7.12. The highest BCUT2D eigenvalue weighted by atomic mass is 32.2. The molecule has 2 N–H and O–H groups in total. The van der Waals surface area contributed by atoms with Crippen molar-refractivity contribution in [3.8, 4) is 23.0 Å². The van der Waals surface area contributed by atoms with Gasteiger partial charge < -0.3 is 18.9 Å². The van der Waals surface area contributed by atoms with Crippen LogP contribution in [0.4, 0.5) is 8.78 Å². The van der Waals surface area contributed by atoms with Gasteiger partial charge in [-0.1, -0.05) is 37.8 Å². The lowest BCUT2D eigenvalue weighted by molar-refractivity contribution is 0.390. The Balaban J connectivity index is 0.000000214. The first-order valence-corrected chi connectivity index (χ1v) is 21.3. The van der Waals surface area contributed by atoms with Gasteiger partial charge >= 0.3 is 0 Å². The van der Waals surface area contributed by atoms with Crippen LogP contribution in [0.3, 0.4) is 0 Å². The fourth-order valence-corrected chi connectivity index (χ4v) is 10.6. The lowest BCUT2D eigenvalue weighted by atomic mass is 9.88. The summed E-state index contributed by atoms with van der Waals surface area (Å²) in [6.45, 7) is 0.200. The molecule has 4 atom stereocenters. The topological polar surface area (TPSA) is 181 Å². The maximum atomic E-state index is 13.1. The Kier molecular flexibility index (Phi) is 14.9. The summed E-state index contributed by atoms with van der Waals surface area (Å²) in [5, 5.41) is -1.31. The van der Waals surface area contributed by atoms with Crippen molar-refractivity contribution < 1.29 is 44.6 Å². The Labute approximate surface area is 326 Å². The van der Waals surface area contributed by atoms with Gasteiger partial charge in [0.1, 0.15) is 34.6 Å². The van der Waals surface area contributed by atoms with Crippen LogP contribution < -0.4 is 28.4 Å². The second kappa shape index (κ2) is 19.6. The molecule has 18 heteroatoms. The van der Waals surface area contributed by atoms with Crippen molar-refractivity contribution in [1.29, 1.82) is 0 Å². The molecule has 0 bridgehead atoms. The molecule has 304 valence electrons. The van der Waals surface area contributed by atoms with E-state index in [1.807, 2.05) is 0 Å². The van der Waals surface area contributed by atoms with Gasteiger partial charge in [-0.15, -0.1) is 0 Å². The molecular formula is C38H48F2N6O8S2. The third-order valence-corrected chi connectivity index (χ3v) is 13.9. The summed E-state index contributed by atoms with van der Waals surface area (Å²) in [7, 11) is -1.13. The number of aromatic nitrogens is 4. The van der Waals surface area contributed by atoms with Gasteiger partial charge in [0.25, 0.3) is 0 Å². The van der Waals surface area contributed by atoms with Crippen molar-refractivity contribution in [2.45, 2.75) is 86.8 Å². The number of ether oxygens (including phenoxy) is 4. The first kappa shape index (κ1) is 42.6. The molecule has 2 aliphatic carbocycles. The zero-order chi connectivity index (χ0) is 40.3. The number of methoxy groups -OCH3 is 4. The molecule has 14 nitrogen and oxygen atoms in total. The lowest BCUT2D eigenvalue weighted by Gasteiger charge is -2.30. The minimum Gasteiger partial charge on any atom is -0.497 e. The molecule has 2 fully saturated rings. The Hall–Kier alpha value is -4.52. The first-order valence-electron chi connectivity index (χ1n) is 18.2. The molecule has 2 aromatic carbocycles. The maximum Gasteiger partial charge on any atom is 0.215 e. The predicted molar refractivity (Wildman–Crippen MR) is 205 cm³/mol. The summed E-state index contributed by atoms with van der Waals surface area (Å²) in [6, 6.07) is 10.5. The summed E-state index contributed by atoms with van der Waals surface area (Å²) < 4.78 is 105. The van der Waals surface area contributed by atoms with Crippen LogP contribution in [0, 0.1) is 11.6 Å². The Morgan fingerprint density at radius 1 is 0.571 bits per heavy atom. The van der Waals surface area contributed by atoms with E-state index in [4.69, 9.17) is 18.9 Å². The van der Waals surface area contributed by atoms with Crippen molar-refractivity contribution in [2.75, 3.05) is 28.4 Å². The van der Waals surface area contributed by atoms with E-state index >= 15 is 0 Å². The van der Waals surface area contributed by atoms with Gasteiger partial charge in [-0.3, -0.25) is 0 Å². The van der Waals surface area contributed by atoms with Crippen LogP contribution in [-0.4, -0.2) is 75.7 Å². The number of rotatable bonds is 14. The molecule has 0 amide bonds. The molecule has 2 aromatic heterocycles. The molecule has 6 rings (SSSR count). The van der Waals surface area contributed by atoms with Gasteiger partial charge in [-0.25, -0.2) is 55.0 Å². The largest absolute Gasteiger partial charge is 0.497 e. The van der Waals surface area contributed by atoms with E-state index in [0.29, 0.717) is 71.5 Å². The van der Waals surface area contributed by atoms with Gasteiger partial charge in [-0.05, 0) is 37.8 Å². The number of benzene rings is 2. The molecule has 0 saturated heterocycles. The van der Waals surface area contributed by atoms with Crippen molar-refractivity contribution >= 4 is 20.0 Å². The van der Waals surface area contributed by atoms with Crippen LogP contribution in [-0.2, 0) is 33.1 Å².